The molecular weight excluding hydrogens is 478 g/mol. The van der Waals surface area contributed by atoms with E-state index < -0.39 is 0 Å². The molecule has 36 heavy (non-hydrogen) atoms. The molecule has 2 amide bonds. The predicted molar refractivity (Wildman–Crippen MR) is 142 cm³/mol. The van der Waals surface area contributed by atoms with Crippen LogP contribution >= 0.6 is 11.6 Å². The van der Waals surface area contributed by atoms with Gasteiger partial charge in [-0.05, 0) is 59.7 Å². The molecule has 0 aliphatic carbocycles. The molecule has 3 aromatic carbocycles. The third-order valence-corrected chi connectivity index (χ3v) is 6.47. The smallest absolute Gasteiger partial charge is 0.321 e. The van der Waals surface area contributed by atoms with Gasteiger partial charge in [0.05, 0.1) is 26.9 Å². The Morgan fingerprint density at radius 2 is 1.64 bits per heavy atom. The first-order valence-corrected chi connectivity index (χ1v) is 12.3. The number of amides is 2. The van der Waals surface area contributed by atoms with Crippen LogP contribution in [0.3, 0.4) is 0 Å². The first-order chi connectivity index (χ1) is 17.5. The first kappa shape index (κ1) is 25.8. The summed E-state index contributed by atoms with van der Waals surface area (Å²) in [6.07, 6.45) is -0.154. The second-order valence-corrected chi connectivity index (χ2v) is 9.09. The summed E-state index contributed by atoms with van der Waals surface area (Å²) in [4.78, 5) is 16.9. The number of carbonyl (C=O) groups excluding carboxylic acids is 1. The lowest BCUT2D eigenvalue weighted by atomic mass is 10.1. The average molecular weight is 510 g/mol. The van der Waals surface area contributed by atoms with E-state index in [2.05, 4.69) is 16.3 Å². The Labute approximate surface area is 217 Å². The molecule has 1 aliphatic heterocycles. The summed E-state index contributed by atoms with van der Waals surface area (Å²) in [5, 5.41) is 3.66. The minimum Gasteiger partial charge on any atom is -0.497 e. The Hall–Kier alpha value is -3.26. The summed E-state index contributed by atoms with van der Waals surface area (Å²) in [6.45, 7) is 3.96. The Morgan fingerprint density at radius 1 is 0.917 bits per heavy atom. The highest BCUT2D eigenvalue weighted by Gasteiger charge is 2.24. The van der Waals surface area contributed by atoms with Crippen LogP contribution < -0.4 is 14.8 Å². The molecule has 1 aliphatic rings. The monoisotopic (exact) mass is 509 g/mol. The molecule has 3 aromatic rings. The third kappa shape index (κ3) is 7.13. The molecule has 7 nitrogen and oxygen atoms in total. The first-order valence-electron chi connectivity index (χ1n) is 12.0. The minimum atomic E-state index is -0.154. The summed E-state index contributed by atoms with van der Waals surface area (Å²) in [7, 11) is 3.28. The summed E-state index contributed by atoms with van der Waals surface area (Å²) >= 11 is 6.15. The normalized spacial score (nSPS) is 14.8. The molecule has 1 heterocycles. The second kappa shape index (κ2) is 12.6. The average Bonchev–Trinajstić information content (AvgIpc) is 2.92. The van der Waals surface area contributed by atoms with Crippen LogP contribution in [0.25, 0.3) is 0 Å². The van der Waals surface area contributed by atoms with Crippen LogP contribution in [0.4, 0.5) is 10.5 Å². The zero-order valence-corrected chi connectivity index (χ0v) is 21.4. The highest BCUT2D eigenvalue weighted by Crippen LogP contribution is 2.25. The number of urea groups is 1. The summed E-state index contributed by atoms with van der Waals surface area (Å²) < 4.78 is 17.0. The minimum absolute atomic E-state index is 0.0960. The Kier molecular flexibility index (Phi) is 9.06. The molecule has 4 rings (SSSR count). The number of nitrogens with zero attached hydrogens (tertiary/aromatic N) is 2. The Morgan fingerprint density at radius 3 is 2.33 bits per heavy atom. The molecule has 0 aromatic heterocycles. The van der Waals surface area contributed by atoms with Crippen molar-refractivity contribution in [3.05, 3.63) is 88.9 Å². The van der Waals surface area contributed by atoms with E-state index in [1.54, 1.807) is 14.2 Å². The van der Waals surface area contributed by atoms with Crippen molar-refractivity contribution in [2.75, 3.05) is 52.3 Å². The fourth-order valence-electron chi connectivity index (χ4n) is 4.16. The van der Waals surface area contributed by atoms with Gasteiger partial charge in [0.25, 0.3) is 0 Å². The summed E-state index contributed by atoms with van der Waals surface area (Å²) in [5.41, 5.74) is 2.82. The van der Waals surface area contributed by atoms with Gasteiger partial charge < -0.3 is 24.4 Å². The van der Waals surface area contributed by atoms with Crippen LogP contribution in [0.1, 0.15) is 17.2 Å². The molecule has 0 spiro atoms. The van der Waals surface area contributed by atoms with E-state index in [9.17, 15) is 4.79 Å². The zero-order valence-electron chi connectivity index (χ0n) is 20.7. The predicted octanol–water partition coefficient (Wildman–Crippen LogP) is 5.46. The molecule has 0 bridgehead atoms. The van der Waals surface area contributed by atoms with Crippen molar-refractivity contribution in [2.24, 2.45) is 0 Å². The molecule has 1 saturated heterocycles. The van der Waals surface area contributed by atoms with Crippen LogP contribution in [0.2, 0.25) is 5.02 Å². The van der Waals surface area contributed by atoms with E-state index >= 15 is 0 Å². The lowest BCUT2D eigenvalue weighted by Crippen LogP contribution is -2.50. The zero-order chi connectivity index (χ0) is 25.3. The molecule has 1 fully saturated rings. The van der Waals surface area contributed by atoms with E-state index in [4.69, 9.17) is 25.8 Å². The van der Waals surface area contributed by atoms with Crippen LogP contribution in [-0.2, 0) is 11.3 Å². The number of methoxy groups -OCH3 is 2. The fourth-order valence-corrected chi connectivity index (χ4v) is 4.38. The largest absolute Gasteiger partial charge is 0.497 e. The van der Waals surface area contributed by atoms with E-state index in [1.165, 1.54) is 0 Å². The standard InChI is InChI=1S/C28H32ClN3O4/c1-34-25-11-9-24(10-12-25)30-28(33)32-15-13-31(14-16-32)19-27(22-6-4-8-26(18-22)35-2)36-20-21-5-3-7-23(29)17-21/h3-12,17-18,27H,13-16,19-20H2,1-2H3,(H,30,33)/t27-/m1/s1. The molecule has 0 radical (unpaired) electrons. The molecule has 190 valence electrons. The van der Waals surface area contributed by atoms with Crippen molar-refractivity contribution in [1.82, 2.24) is 9.80 Å². The number of rotatable bonds is 9. The van der Waals surface area contributed by atoms with E-state index in [1.807, 2.05) is 71.6 Å². The van der Waals surface area contributed by atoms with Crippen molar-refractivity contribution >= 4 is 23.3 Å². The van der Waals surface area contributed by atoms with Gasteiger partial charge in [0.2, 0.25) is 0 Å². The van der Waals surface area contributed by atoms with Crippen LogP contribution in [-0.4, -0.2) is 62.8 Å². The summed E-state index contributed by atoms with van der Waals surface area (Å²) in [5.74, 6) is 1.55. The maximum atomic E-state index is 12.7. The van der Waals surface area contributed by atoms with Crippen molar-refractivity contribution in [3.63, 3.8) is 0 Å². The Bertz CT molecular complexity index is 1130. The second-order valence-electron chi connectivity index (χ2n) is 8.65. The van der Waals surface area contributed by atoms with Gasteiger partial charge in [-0.2, -0.15) is 0 Å². The number of piperazine rings is 1. The molecule has 1 N–H and O–H groups in total. The highest BCUT2D eigenvalue weighted by molar-refractivity contribution is 6.30. The van der Waals surface area contributed by atoms with Gasteiger partial charge in [0.15, 0.2) is 0 Å². The molecular formula is C28H32ClN3O4. The van der Waals surface area contributed by atoms with Crippen LogP contribution in [0.5, 0.6) is 11.5 Å². The van der Waals surface area contributed by atoms with Crippen molar-refractivity contribution < 1.29 is 19.0 Å². The van der Waals surface area contributed by atoms with Gasteiger partial charge in [0, 0.05) is 43.4 Å². The van der Waals surface area contributed by atoms with E-state index in [0.717, 1.165) is 41.4 Å². The van der Waals surface area contributed by atoms with E-state index in [-0.39, 0.29) is 12.1 Å². The maximum Gasteiger partial charge on any atom is 0.321 e. The van der Waals surface area contributed by atoms with Crippen LogP contribution in [0, 0.1) is 0 Å². The van der Waals surface area contributed by atoms with Crippen molar-refractivity contribution in [3.8, 4) is 11.5 Å². The lowest BCUT2D eigenvalue weighted by Gasteiger charge is -2.36. The van der Waals surface area contributed by atoms with Gasteiger partial charge >= 0.3 is 6.03 Å². The van der Waals surface area contributed by atoms with Gasteiger partial charge in [-0.1, -0.05) is 35.9 Å². The molecule has 0 saturated carbocycles. The van der Waals surface area contributed by atoms with Gasteiger partial charge in [-0.3, -0.25) is 4.90 Å². The van der Waals surface area contributed by atoms with Gasteiger partial charge in [-0.15, -0.1) is 0 Å². The lowest BCUT2D eigenvalue weighted by molar-refractivity contribution is 0.00584. The topological polar surface area (TPSA) is 63.3 Å². The molecule has 0 unspecified atom stereocenters. The number of anilines is 1. The van der Waals surface area contributed by atoms with Crippen molar-refractivity contribution in [2.45, 2.75) is 12.7 Å². The quantitative estimate of drug-likeness (QED) is 0.414. The number of carbonyl (C=O) groups is 1. The van der Waals surface area contributed by atoms with E-state index in [0.29, 0.717) is 31.3 Å². The SMILES string of the molecule is COc1ccc(NC(=O)N2CCN(C[C@@H](OCc3cccc(Cl)c3)c3cccc(OC)c3)CC2)cc1. The number of ether oxygens (including phenoxy) is 3. The number of benzene rings is 3. The van der Waals surface area contributed by atoms with Crippen molar-refractivity contribution in [1.29, 1.82) is 0 Å². The van der Waals surface area contributed by atoms with Gasteiger partial charge in [0.1, 0.15) is 11.5 Å². The molecule has 1 atom stereocenters. The number of nitrogens with one attached hydrogen (secondary N) is 1. The number of hydrogen-bond acceptors (Lipinski definition) is 5. The Balaban J connectivity index is 1.35. The molecule has 8 heteroatoms. The third-order valence-electron chi connectivity index (χ3n) is 6.23. The number of halogens is 1. The van der Waals surface area contributed by atoms with Gasteiger partial charge in [-0.25, -0.2) is 4.79 Å². The van der Waals surface area contributed by atoms with Crippen LogP contribution in [0.15, 0.2) is 72.8 Å². The fraction of sp³-hybridized carbons (Fsp3) is 0.321. The number of hydrogen-bond donors (Lipinski definition) is 1. The highest BCUT2D eigenvalue weighted by atomic mass is 35.5. The maximum absolute atomic E-state index is 12.7. The summed E-state index contributed by atoms with van der Waals surface area (Å²) in [6, 6.07) is 22.9.